The van der Waals surface area contributed by atoms with Gasteiger partial charge in [0.25, 0.3) is 0 Å². The molecular formula is C21H21N3O3S2. The topological polar surface area (TPSA) is 73.3 Å². The first kappa shape index (κ1) is 18.7. The molecule has 150 valence electrons. The maximum absolute atomic E-state index is 12.5. The van der Waals surface area contributed by atoms with Crippen LogP contribution in [0.4, 0.5) is 5.69 Å². The van der Waals surface area contributed by atoms with Gasteiger partial charge in [-0.2, -0.15) is 0 Å². The number of fused-ring (bicyclic) bond motifs is 4. The van der Waals surface area contributed by atoms with Gasteiger partial charge in [-0.15, -0.1) is 11.3 Å². The number of aromatic nitrogens is 2. The average Bonchev–Trinajstić information content (AvgIpc) is 2.94. The Hall–Kier alpha value is -2.32. The Labute approximate surface area is 177 Å². The molecule has 3 heterocycles. The van der Waals surface area contributed by atoms with E-state index in [4.69, 9.17) is 9.47 Å². The Morgan fingerprint density at radius 3 is 2.90 bits per heavy atom. The maximum Gasteiger partial charge on any atom is 0.234 e. The Morgan fingerprint density at radius 1 is 1.10 bits per heavy atom. The smallest absolute Gasteiger partial charge is 0.234 e. The van der Waals surface area contributed by atoms with Gasteiger partial charge in [0.2, 0.25) is 5.91 Å². The number of anilines is 1. The molecule has 0 radical (unpaired) electrons. The van der Waals surface area contributed by atoms with Crippen molar-refractivity contribution in [3.05, 3.63) is 35.0 Å². The van der Waals surface area contributed by atoms with E-state index in [1.54, 1.807) is 23.7 Å². The molecule has 0 fully saturated rings. The normalized spacial score (nSPS) is 15.6. The summed E-state index contributed by atoms with van der Waals surface area (Å²) in [6.07, 6.45) is 7.55. The number of hydrogen-bond donors (Lipinski definition) is 1. The number of rotatable bonds is 4. The Bertz CT molecular complexity index is 1070. The van der Waals surface area contributed by atoms with Gasteiger partial charge < -0.3 is 14.8 Å². The van der Waals surface area contributed by atoms with Gasteiger partial charge in [-0.1, -0.05) is 18.2 Å². The second-order valence-corrected chi connectivity index (χ2v) is 9.17. The summed E-state index contributed by atoms with van der Waals surface area (Å²) in [6.45, 7) is 1.07. The van der Waals surface area contributed by atoms with Crippen molar-refractivity contribution in [2.75, 3.05) is 24.3 Å². The highest BCUT2D eigenvalue weighted by Gasteiger charge is 2.20. The van der Waals surface area contributed by atoms with Crippen LogP contribution >= 0.6 is 23.1 Å². The summed E-state index contributed by atoms with van der Waals surface area (Å²) in [7, 11) is 0. The van der Waals surface area contributed by atoms with Crippen LogP contribution in [0, 0.1) is 0 Å². The van der Waals surface area contributed by atoms with Gasteiger partial charge in [0.1, 0.15) is 29.4 Å². The highest BCUT2D eigenvalue weighted by Crippen LogP contribution is 2.38. The number of hydrogen-bond acceptors (Lipinski definition) is 7. The largest absolute Gasteiger partial charge is 0.486 e. The zero-order valence-electron chi connectivity index (χ0n) is 15.9. The zero-order valence-corrected chi connectivity index (χ0v) is 17.5. The van der Waals surface area contributed by atoms with Gasteiger partial charge in [-0.05, 0) is 43.4 Å². The third-order valence-corrected chi connectivity index (χ3v) is 7.32. The van der Waals surface area contributed by atoms with E-state index in [2.05, 4.69) is 15.3 Å². The van der Waals surface area contributed by atoms with Crippen LogP contribution in [0.5, 0.6) is 11.5 Å². The third-order valence-electron chi connectivity index (χ3n) is 5.13. The maximum atomic E-state index is 12.5. The lowest BCUT2D eigenvalue weighted by molar-refractivity contribution is -0.113. The SMILES string of the molecule is O=C(CSc1ncnc2sc3c(c12)CCCCC3)Nc1ccc2c(c1)OCCO2. The molecule has 1 amide bonds. The molecule has 0 bridgehead atoms. The van der Waals surface area contributed by atoms with Crippen molar-refractivity contribution in [1.82, 2.24) is 9.97 Å². The number of thiophene rings is 1. The van der Waals surface area contributed by atoms with Gasteiger partial charge in [0.05, 0.1) is 5.75 Å². The minimum Gasteiger partial charge on any atom is -0.486 e. The van der Waals surface area contributed by atoms with E-state index in [1.807, 2.05) is 12.1 Å². The van der Waals surface area contributed by atoms with Gasteiger partial charge >= 0.3 is 0 Å². The predicted molar refractivity (Wildman–Crippen MR) is 115 cm³/mol. The van der Waals surface area contributed by atoms with Crippen LogP contribution in [-0.2, 0) is 17.6 Å². The predicted octanol–water partition coefficient (Wildman–Crippen LogP) is 4.46. The molecule has 3 aromatic rings. The minimum absolute atomic E-state index is 0.0697. The minimum atomic E-state index is -0.0697. The van der Waals surface area contributed by atoms with Gasteiger partial charge in [-0.25, -0.2) is 9.97 Å². The molecule has 0 saturated carbocycles. The summed E-state index contributed by atoms with van der Waals surface area (Å²) >= 11 is 3.26. The lowest BCUT2D eigenvalue weighted by atomic mass is 10.1. The molecule has 2 aromatic heterocycles. The second-order valence-electron chi connectivity index (χ2n) is 7.12. The number of nitrogens with zero attached hydrogens (tertiary/aromatic N) is 2. The van der Waals surface area contributed by atoms with Crippen LogP contribution < -0.4 is 14.8 Å². The molecular weight excluding hydrogens is 406 g/mol. The van der Waals surface area contributed by atoms with E-state index in [-0.39, 0.29) is 5.91 Å². The summed E-state index contributed by atoms with van der Waals surface area (Å²) in [5, 5.41) is 5.01. The van der Waals surface area contributed by atoms with Gasteiger partial charge in [0.15, 0.2) is 11.5 Å². The van der Waals surface area contributed by atoms with Crippen LogP contribution in [0.25, 0.3) is 10.2 Å². The van der Waals surface area contributed by atoms with Crippen LogP contribution in [0.1, 0.15) is 29.7 Å². The molecule has 8 heteroatoms. The molecule has 0 atom stereocenters. The summed E-state index contributed by atoms with van der Waals surface area (Å²) in [4.78, 5) is 24.0. The van der Waals surface area contributed by atoms with Gasteiger partial charge in [-0.3, -0.25) is 4.79 Å². The zero-order chi connectivity index (χ0) is 19.6. The fourth-order valence-electron chi connectivity index (χ4n) is 3.80. The number of aryl methyl sites for hydroxylation is 2. The summed E-state index contributed by atoms with van der Waals surface area (Å²) in [5.74, 6) is 1.61. The first-order chi connectivity index (χ1) is 14.3. The Morgan fingerprint density at radius 2 is 1.97 bits per heavy atom. The number of thioether (sulfide) groups is 1. The molecule has 1 aromatic carbocycles. The second kappa shape index (κ2) is 8.20. The van der Waals surface area contributed by atoms with E-state index < -0.39 is 0 Å². The number of amides is 1. The fourth-order valence-corrected chi connectivity index (χ4v) is 5.92. The van der Waals surface area contributed by atoms with Crippen LogP contribution in [0.3, 0.4) is 0 Å². The molecule has 0 unspecified atom stereocenters. The molecule has 1 aliphatic heterocycles. The number of nitrogens with one attached hydrogen (secondary N) is 1. The molecule has 1 aliphatic carbocycles. The van der Waals surface area contributed by atoms with Crippen molar-refractivity contribution >= 4 is 44.9 Å². The first-order valence-corrected chi connectivity index (χ1v) is 11.7. The molecule has 29 heavy (non-hydrogen) atoms. The number of carbonyl (C=O) groups is 1. The number of ether oxygens (including phenoxy) is 2. The van der Waals surface area contributed by atoms with E-state index in [1.165, 1.54) is 41.5 Å². The first-order valence-electron chi connectivity index (χ1n) is 9.85. The van der Waals surface area contributed by atoms with Crippen LogP contribution in [-0.4, -0.2) is 34.8 Å². The fraction of sp³-hybridized carbons (Fsp3) is 0.381. The third kappa shape index (κ3) is 3.91. The summed E-state index contributed by atoms with van der Waals surface area (Å²) in [5.41, 5.74) is 2.11. The average molecular weight is 428 g/mol. The highest BCUT2D eigenvalue weighted by molar-refractivity contribution is 8.00. The monoisotopic (exact) mass is 427 g/mol. The van der Waals surface area contributed by atoms with Crippen molar-refractivity contribution < 1.29 is 14.3 Å². The van der Waals surface area contributed by atoms with Gasteiger partial charge in [0, 0.05) is 22.0 Å². The summed E-state index contributed by atoms with van der Waals surface area (Å²) < 4.78 is 11.1. The highest BCUT2D eigenvalue weighted by atomic mass is 32.2. The van der Waals surface area contributed by atoms with Crippen molar-refractivity contribution in [2.24, 2.45) is 0 Å². The van der Waals surface area contributed by atoms with Crippen molar-refractivity contribution in [1.29, 1.82) is 0 Å². The van der Waals surface area contributed by atoms with E-state index >= 15 is 0 Å². The molecule has 2 aliphatic rings. The lowest BCUT2D eigenvalue weighted by Crippen LogP contribution is -2.17. The van der Waals surface area contributed by atoms with Crippen LogP contribution in [0.15, 0.2) is 29.6 Å². The quantitative estimate of drug-likeness (QED) is 0.376. The molecule has 5 rings (SSSR count). The van der Waals surface area contributed by atoms with E-state index in [0.29, 0.717) is 36.2 Å². The standard InChI is InChI=1S/C21H21N3O3S2/c25-18(24-13-6-7-15-16(10-13)27-9-8-26-15)11-28-20-19-14-4-2-1-3-5-17(14)29-21(19)23-12-22-20/h6-7,10,12H,1-5,8-9,11H2,(H,24,25). The number of carbonyl (C=O) groups excluding carboxylic acids is 1. The van der Waals surface area contributed by atoms with Crippen molar-refractivity contribution in [2.45, 2.75) is 37.1 Å². The van der Waals surface area contributed by atoms with Crippen molar-refractivity contribution in [3.8, 4) is 11.5 Å². The Balaban J connectivity index is 1.30. The van der Waals surface area contributed by atoms with E-state index in [0.717, 1.165) is 28.1 Å². The van der Waals surface area contributed by atoms with Crippen molar-refractivity contribution in [3.63, 3.8) is 0 Å². The van der Waals surface area contributed by atoms with E-state index in [9.17, 15) is 4.79 Å². The molecule has 0 saturated heterocycles. The summed E-state index contributed by atoms with van der Waals surface area (Å²) in [6, 6.07) is 5.46. The number of benzene rings is 1. The molecule has 6 nitrogen and oxygen atoms in total. The van der Waals surface area contributed by atoms with Crippen LogP contribution in [0.2, 0.25) is 0 Å². The molecule has 0 spiro atoms. The lowest BCUT2D eigenvalue weighted by Gasteiger charge is -2.19. The molecule has 1 N–H and O–H groups in total. The Kier molecular flexibility index (Phi) is 5.28.